The van der Waals surface area contributed by atoms with Crippen LogP contribution in [-0.4, -0.2) is 21.9 Å². The highest BCUT2D eigenvalue weighted by Crippen LogP contribution is 2.67. The van der Waals surface area contributed by atoms with E-state index in [9.17, 15) is 10.2 Å². The van der Waals surface area contributed by atoms with Crippen molar-refractivity contribution >= 4 is 0 Å². The minimum Gasteiger partial charge on any atom is -0.393 e. The molecule has 9 atom stereocenters. The molecule has 0 aromatic heterocycles. The van der Waals surface area contributed by atoms with E-state index in [0.717, 1.165) is 49.9 Å². The molecule has 0 bridgehead atoms. The Morgan fingerprint density at radius 3 is 2.42 bits per heavy atom. The first-order valence-corrected chi connectivity index (χ1v) is 13.6. The summed E-state index contributed by atoms with van der Waals surface area (Å²) >= 11 is 0. The highest BCUT2D eigenvalue weighted by molar-refractivity contribution is 5.27. The van der Waals surface area contributed by atoms with Crippen LogP contribution >= 0.6 is 0 Å². The molecule has 0 heterocycles. The summed E-state index contributed by atoms with van der Waals surface area (Å²) in [7, 11) is 0. The first kappa shape index (κ1) is 23.8. The van der Waals surface area contributed by atoms with E-state index in [2.05, 4.69) is 47.6 Å². The van der Waals surface area contributed by atoms with Crippen LogP contribution in [0.25, 0.3) is 0 Å². The molecule has 0 spiro atoms. The number of hydrogen-bond acceptors (Lipinski definition) is 2. The van der Waals surface area contributed by atoms with Gasteiger partial charge in [0.25, 0.3) is 0 Å². The summed E-state index contributed by atoms with van der Waals surface area (Å²) in [6, 6.07) is 0. The van der Waals surface area contributed by atoms with Gasteiger partial charge in [0.15, 0.2) is 0 Å². The number of aliphatic hydroxyl groups excluding tert-OH is 1. The summed E-state index contributed by atoms with van der Waals surface area (Å²) in [5, 5.41) is 22.0. The minimum atomic E-state index is -0.457. The van der Waals surface area contributed by atoms with Crippen LogP contribution in [0.4, 0.5) is 0 Å². The summed E-state index contributed by atoms with van der Waals surface area (Å²) in [6.45, 7) is 14.2. The van der Waals surface area contributed by atoms with Crippen LogP contribution in [-0.2, 0) is 0 Å². The Morgan fingerprint density at radius 2 is 1.74 bits per heavy atom. The Balaban J connectivity index is 1.52. The van der Waals surface area contributed by atoms with Crippen molar-refractivity contribution < 1.29 is 10.2 Å². The Bertz CT molecular complexity index is 682. The number of aliphatic hydroxyl groups is 2. The molecular weight excluding hydrogens is 380 g/mol. The molecule has 3 fully saturated rings. The summed E-state index contributed by atoms with van der Waals surface area (Å²) in [4.78, 5) is 0. The highest BCUT2D eigenvalue weighted by atomic mass is 16.3. The third kappa shape index (κ3) is 3.96. The van der Waals surface area contributed by atoms with E-state index in [0.29, 0.717) is 28.6 Å². The zero-order valence-electron chi connectivity index (χ0n) is 21.3. The first-order valence-electron chi connectivity index (χ1n) is 13.6. The zero-order valence-corrected chi connectivity index (χ0v) is 21.3. The minimum absolute atomic E-state index is 0.138. The van der Waals surface area contributed by atoms with Gasteiger partial charge in [-0.3, -0.25) is 0 Å². The van der Waals surface area contributed by atoms with Gasteiger partial charge in [-0.1, -0.05) is 53.2 Å². The van der Waals surface area contributed by atoms with Crippen LogP contribution in [0.3, 0.4) is 0 Å². The molecule has 4 rings (SSSR count). The predicted molar refractivity (Wildman–Crippen MR) is 130 cm³/mol. The molecule has 2 nitrogen and oxygen atoms in total. The van der Waals surface area contributed by atoms with Gasteiger partial charge in [0, 0.05) is 0 Å². The highest BCUT2D eigenvalue weighted by Gasteiger charge is 2.60. The maximum atomic E-state index is 11.0. The monoisotopic (exact) mass is 430 g/mol. The lowest BCUT2D eigenvalue weighted by molar-refractivity contribution is -0.0818. The molecule has 31 heavy (non-hydrogen) atoms. The molecule has 3 saturated carbocycles. The largest absolute Gasteiger partial charge is 0.393 e. The van der Waals surface area contributed by atoms with Gasteiger partial charge < -0.3 is 10.2 Å². The molecule has 0 aromatic rings. The van der Waals surface area contributed by atoms with Crippen molar-refractivity contribution in [1.82, 2.24) is 0 Å². The average molecular weight is 431 g/mol. The predicted octanol–water partition coefficient (Wildman–Crippen LogP) is 7.14. The molecule has 0 unspecified atom stereocenters. The van der Waals surface area contributed by atoms with E-state index in [-0.39, 0.29) is 6.10 Å². The van der Waals surface area contributed by atoms with Crippen molar-refractivity contribution in [3.05, 3.63) is 11.6 Å². The molecule has 2 N–H and O–H groups in total. The second-order valence-corrected chi connectivity index (χ2v) is 13.1. The number of hydrogen-bond donors (Lipinski definition) is 2. The van der Waals surface area contributed by atoms with Crippen molar-refractivity contribution in [3.63, 3.8) is 0 Å². The maximum absolute atomic E-state index is 11.0. The van der Waals surface area contributed by atoms with Gasteiger partial charge in [0.2, 0.25) is 0 Å². The molecule has 178 valence electrons. The summed E-state index contributed by atoms with van der Waals surface area (Å²) in [5.41, 5.74) is 1.84. The smallest absolute Gasteiger partial charge is 0.0682 e. The lowest BCUT2D eigenvalue weighted by atomic mass is 9.46. The lowest BCUT2D eigenvalue weighted by Crippen LogP contribution is -2.52. The molecule has 4 aliphatic rings. The van der Waals surface area contributed by atoms with Crippen molar-refractivity contribution in [2.24, 2.45) is 46.3 Å². The molecule has 0 radical (unpaired) electrons. The summed E-state index contributed by atoms with van der Waals surface area (Å²) in [6.07, 6.45) is 15.1. The second-order valence-electron chi connectivity index (χ2n) is 13.1. The van der Waals surface area contributed by atoms with Crippen LogP contribution in [0, 0.1) is 46.3 Å². The van der Waals surface area contributed by atoms with E-state index in [4.69, 9.17) is 0 Å². The van der Waals surface area contributed by atoms with Crippen LogP contribution in [0.15, 0.2) is 11.6 Å². The van der Waals surface area contributed by atoms with Gasteiger partial charge in [-0.25, -0.2) is 0 Å². The summed E-state index contributed by atoms with van der Waals surface area (Å²) < 4.78 is 0. The maximum Gasteiger partial charge on any atom is 0.0682 e. The Kier molecular flexibility index (Phi) is 6.50. The third-order valence-corrected chi connectivity index (χ3v) is 11.3. The standard InChI is InChI=1S/C29H50O2/c1-7-29(31)17-16-27(5)21(18-29)9-10-22-24-12-11-23(28(24,6)15-14-25(22)27)20(4)26(30)13-8-19(2)3/h9,19-20,22-26,30-31H,7-8,10-18H2,1-6H3/t20-,22-,23+,24-,25-,26-,27-,28+,29-/m0/s1. The van der Waals surface area contributed by atoms with Crippen LogP contribution < -0.4 is 0 Å². The summed E-state index contributed by atoms with van der Waals surface area (Å²) in [5.74, 6) is 4.20. The normalized spacial score (nSPS) is 46.7. The van der Waals surface area contributed by atoms with Crippen LogP contribution in [0.1, 0.15) is 112 Å². The Labute approximate surface area is 192 Å². The fourth-order valence-corrected chi connectivity index (χ4v) is 8.95. The Morgan fingerprint density at radius 1 is 1.00 bits per heavy atom. The van der Waals surface area contributed by atoms with Crippen molar-refractivity contribution in [2.75, 3.05) is 0 Å². The fourth-order valence-electron chi connectivity index (χ4n) is 8.95. The third-order valence-electron chi connectivity index (χ3n) is 11.3. The quantitative estimate of drug-likeness (QED) is 0.440. The van der Waals surface area contributed by atoms with Gasteiger partial charge in [-0.2, -0.15) is 0 Å². The average Bonchev–Trinajstić information content (AvgIpc) is 3.09. The molecule has 4 aliphatic carbocycles. The van der Waals surface area contributed by atoms with Gasteiger partial charge >= 0.3 is 0 Å². The molecule has 0 aromatic carbocycles. The SMILES string of the molecule is CC[C@]1(O)CC[C@@]2(C)C(=CC[C@H]3[C@@H]4CC[C@H]([C@H](C)[C@@H](O)CCC(C)C)[C@@]4(C)CC[C@@H]32)C1. The van der Waals surface area contributed by atoms with Gasteiger partial charge in [0.1, 0.15) is 0 Å². The zero-order chi connectivity index (χ0) is 22.6. The molecule has 0 aliphatic heterocycles. The fraction of sp³-hybridized carbons (Fsp3) is 0.931. The van der Waals surface area contributed by atoms with E-state index < -0.39 is 5.60 Å². The molecular formula is C29H50O2. The second kappa shape index (κ2) is 8.46. The number of fused-ring (bicyclic) bond motifs is 5. The number of rotatable bonds is 6. The van der Waals surface area contributed by atoms with Gasteiger partial charge in [-0.05, 0) is 117 Å². The molecule has 2 heteroatoms. The van der Waals surface area contributed by atoms with Crippen LogP contribution in [0.2, 0.25) is 0 Å². The van der Waals surface area contributed by atoms with E-state index in [1.54, 1.807) is 5.57 Å². The Hall–Kier alpha value is -0.340. The van der Waals surface area contributed by atoms with E-state index >= 15 is 0 Å². The molecule has 0 saturated heterocycles. The van der Waals surface area contributed by atoms with Gasteiger partial charge in [-0.15, -0.1) is 0 Å². The topological polar surface area (TPSA) is 40.5 Å². The lowest BCUT2D eigenvalue weighted by Gasteiger charge is -2.59. The van der Waals surface area contributed by atoms with Crippen molar-refractivity contribution in [2.45, 2.75) is 124 Å². The first-order chi connectivity index (χ1) is 14.5. The van der Waals surface area contributed by atoms with E-state index in [1.807, 2.05) is 0 Å². The molecule has 0 amide bonds. The van der Waals surface area contributed by atoms with Crippen LogP contribution in [0.5, 0.6) is 0 Å². The van der Waals surface area contributed by atoms with E-state index in [1.165, 1.54) is 38.5 Å². The number of allylic oxidation sites excluding steroid dienone is 1. The van der Waals surface area contributed by atoms with Crippen molar-refractivity contribution in [3.8, 4) is 0 Å². The van der Waals surface area contributed by atoms with Crippen molar-refractivity contribution in [1.29, 1.82) is 0 Å². The van der Waals surface area contributed by atoms with Gasteiger partial charge in [0.05, 0.1) is 11.7 Å².